The van der Waals surface area contributed by atoms with Crippen molar-refractivity contribution in [3.63, 3.8) is 0 Å². The van der Waals surface area contributed by atoms with Gasteiger partial charge in [0.15, 0.2) is 16.1 Å². The molecule has 0 atom stereocenters. The van der Waals surface area contributed by atoms with Crippen LogP contribution in [0, 0.1) is 6.92 Å². The normalized spacial score (nSPS) is 10.7. The largest absolute Gasteiger partial charge is 0.494 e. The van der Waals surface area contributed by atoms with Gasteiger partial charge in [-0.25, -0.2) is 4.98 Å². The highest BCUT2D eigenvalue weighted by Crippen LogP contribution is 2.24. The van der Waals surface area contributed by atoms with Gasteiger partial charge in [0.25, 0.3) is 5.91 Å². The van der Waals surface area contributed by atoms with Crippen LogP contribution in [-0.4, -0.2) is 43.9 Å². The summed E-state index contributed by atoms with van der Waals surface area (Å²) < 4.78 is 7.37. The van der Waals surface area contributed by atoms with Crippen LogP contribution in [-0.2, 0) is 11.3 Å². The average Bonchev–Trinajstić information content (AvgIpc) is 3.52. The first-order chi connectivity index (χ1) is 17.0. The molecule has 9 nitrogen and oxygen atoms in total. The lowest BCUT2D eigenvalue weighted by Gasteiger charge is -2.12. The van der Waals surface area contributed by atoms with E-state index in [1.54, 1.807) is 17.6 Å². The van der Waals surface area contributed by atoms with Gasteiger partial charge < -0.3 is 15.4 Å². The molecule has 35 heavy (non-hydrogen) atoms. The molecule has 2 aromatic carbocycles. The first-order valence-corrected chi connectivity index (χ1v) is 12.7. The third kappa shape index (κ3) is 6.46. The number of amides is 2. The third-order valence-electron chi connectivity index (χ3n) is 4.80. The number of nitrogens with zero attached hydrogens (tertiary/aromatic N) is 4. The molecule has 2 aromatic heterocycles. The average molecular weight is 509 g/mol. The Kier molecular flexibility index (Phi) is 8.11. The van der Waals surface area contributed by atoms with Gasteiger partial charge in [-0.15, -0.1) is 21.5 Å². The molecular weight excluding hydrogens is 484 g/mol. The molecule has 4 aromatic rings. The summed E-state index contributed by atoms with van der Waals surface area (Å²) in [6.45, 7) is 4.60. The number of aryl methyl sites for hydroxylation is 1. The van der Waals surface area contributed by atoms with Crippen molar-refractivity contribution in [1.82, 2.24) is 25.1 Å². The minimum Gasteiger partial charge on any atom is -0.494 e. The third-order valence-corrected chi connectivity index (χ3v) is 6.42. The van der Waals surface area contributed by atoms with E-state index in [1.165, 1.54) is 23.1 Å². The van der Waals surface area contributed by atoms with Crippen molar-refractivity contribution in [3.8, 4) is 11.4 Å². The SMILES string of the molecule is CCOc1ccc(-n2c(CNC(=O)c3cccc(C)c3)nnc2SCC(=O)Nc2nccs2)cc1. The lowest BCUT2D eigenvalue weighted by molar-refractivity contribution is -0.113. The standard InChI is InChI=1S/C24H24N6O3S2/c1-3-33-19-9-7-18(8-10-19)30-20(14-26-22(32)17-6-4-5-16(2)13-17)28-29-24(30)35-15-21(31)27-23-25-11-12-34-23/h4-13H,3,14-15H2,1-2H3,(H,26,32)(H,25,27,31). The van der Waals surface area contributed by atoms with Gasteiger partial charge in [0.1, 0.15) is 5.75 Å². The molecule has 2 N–H and O–H groups in total. The monoisotopic (exact) mass is 508 g/mol. The zero-order valence-electron chi connectivity index (χ0n) is 19.2. The van der Waals surface area contributed by atoms with Crippen LogP contribution in [0.5, 0.6) is 5.75 Å². The van der Waals surface area contributed by atoms with Crippen molar-refractivity contribution in [2.45, 2.75) is 25.5 Å². The number of aromatic nitrogens is 4. The van der Waals surface area contributed by atoms with E-state index in [2.05, 4.69) is 25.8 Å². The number of hydrogen-bond acceptors (Lipinski definition) is 8. The van der Waals surface area contributed by atoms with Crippen LogP contribution >= 0.6 is 23.1 Å². The van der Waals surface area contributed by atoms with Crippen LogP contribution in [0.15, 0.2) is 65.3 Å². The maximum atomic E-state index is 12.7. The molecule has 180 valence electrons. The number of carbonyl (C=O) groups excluding carboxylic acids is 2. The lowest BCUT2D eigenvalue weighted by atomic mass is 10.1. The lowest BCUT2D eigenvalue weighted by Crippen LogP contribution is -2.24. The van der Waals surface area contributed by atoms with Gasteiger partial charge in [-0.1, -0.05) is 29.5 Å². The molecule has 4 rings (SSSR count). The Labute approximate surface area is 211 Å². The van der Waals surface area contributed by atoms with E-state index in [-0.39, 0.29) is 24.1 Å². The van der Waals surface area contributed by atoms with Crippen LogP contribution < -0.4 is 15.4 Å². The van der Waals surface area contributed by atoms with E-state index in [1.807, 2.05) is 60.9 Å². The Morgan fingerprint density at radius 2 is 1.97 bits per heavy atom. The van der Waals surface area contributed by atoms with Crippen LogP contribution in [0.3, 0.4) is 0 Å². The fourth-order valence-corrected chi connectivity index (χ4v) is 4.56. The quantitative estimate of drug-likeness (QED) is 0.310. The summed E-state index contributed by atoms with van der Waals surface area (Å²) in [5.41, 5.74) is 2.37. The number of benzene rings is 2. The van der Waals surface area contributed by atoms with Crippen LogP contribution in [0.2, 0.25) is 0 Å². The zero-order chi connectivity index (χ0) is 24.6. The molecule has 11 heteroatoms. The van der Waals surface area contributed by atoms with Crippen molar-refractivity contribution in [1.29, 1.82) is 0 Å². The predicted octanol–water partition coefficient (Wildman–Crippen LogP) is 4.09. The minimum atomic E-state index is -0.202. The molecule has 0 aliphatic rings. The summed E-state index contributed by atoms with van der Waals surface area (Å²) in [5.74, 6) is 1.02. The molecule has 0 saturated carbocycles. The molecule has 0 fully saturated rings. The Hall–Kier alpha value is -3.70. The van der Waals surface area contributed by atoms with Crippen molar-refractivity contribution in [2.75, 3.05) is 17.7 Å². The van der Waals surface area contributed by atoms with E-state index in [9.17, 15) is 9.59 Å². The van der Waals surface area contributed by atoms with Crippen molar-refractivity contribution in [3.05, 3.63) is 77.1 Å². The van der Waals surface area contributed by atoms with Gasteiger partial charge in [-0.2, -0.15) is 0 Å². The van der Waals surface area contributed by atoms with Gasteiger partial charge in [-0.3, -0.25) is 14.2 Å². The second-order valence-corrected chi connectivity index (χ2v) is 9.22. The van der Waals surface area contributed by atoms with Gasteiger partial charge in [-0.05, 0) is 50.2 Å². The number of anilines is 1. The molecule has 0 unspecified atom stereocenters. The van der Waals surface area contributed by atoms with E-state index in [0.29, 0.717) is 28.3 Å². The highest BCUT2D eigenvalue weighted by Gasteiger charge is 2.17. The summed E-state index contributed by atoms with van der Waals surface area (Å²) in [7, 11) is 0. The van der Waals surface area contributed by atoms with Crippen molar-refractivity contribution < 1.29 is 14.3 Å². The Morgan fingerprint density at radius 3 is 2.69 bits per heavy atom. The van der Waals surface area contributed by atoms with Crippen LogP contribution in [0.4, 0.5) is 5.13 Å². The number of thioether (sulfide) groups is 1. The summed E-state index contributed by atoms with van der Waals surface area (Å²) in [5, 5.41) is 17.1. The highest BCUT2D eigenvalue weighted by molar-refractivity contribution is 7.99. The Balaban J connectivity index is 1.52. The summed E-state index contributed by atoms with van der Waals surface area (Å²) in [6.07, 6.45) is 1.63. The van der Waals surface area contributed by atoms with Crippen LogP contribution in [0.25, 0.3) is 5.69 Å². The van der Waals surface area contributed by atoms with Crippen LogP contribution in [0.1, 0.15) is 28.7 Å². The van der Waals surface area contributed by atoms with Gasteiger partial charge in [0.2, 0.25) is 5.91 Å². The molecule has 2 heterocycles. The maximum absolute atomic E-state index is 12.7. The summed E-state index contributed by atoms with van der Waals surface area (Å²) >= 11 is 2.60. The topological polar surface area (TPSA) is 111 Å². The molecule has 0 aliphatic carbocycles. The summed E-state index contributed by atoms with van der Waals surface area (Å²) in [4.78, 5) is 29.1. The minimum absolute atomic E-state index is 0.129. The van der Waals surface area contributed by atoms with Gasteiger partial charge in [0.05, 0.1) is 18.9 Å². The predicted molar refractivity (Wildman–Crippen MR) is 136 cm³/mol. The van der Waals surface area contributed by atoms with E-state index < -0.39 is 0 Å². The van der Waals surface area contributed by atoms with E-state index >= 15 is 0 Å². The number of hydrogen-bond donors (Lipinski definition) is 2. The molecular formula is C24H24N6O3S2. The molecule has 2 amide bonds. The second-order valence-electron chi connectivity index (χ2n) is 7.39. The van der Waals surface area contributed by atoms with Gasteiger partial charge >= 0.3 is 0 Å². The number of carbonyl (C=O) groups is 2. The summed E-state index contributed by atoms with van der Waals surface area (Å²) in [6, 6.07) is 14.9. The first kappa shape index (κ1) is 24.4. The molecule has 0 spiro atoms. The first-order valence-electron chi connectivity index (χ1n) is 10.9. The number of thiazole rings is 1. The molecule has 0 bridgehead atoms. The smallest absolute Gasteiger partial charge is 0.251 e. The Bertz CT molecular complexity index is 1290. The number of nitrogens with one attached hydrogen (secondary N) is 2. The number of rotatable bonds is 10. The second kappa shape index (κ2) is 11.6. The number of ether oxygens (including phenoxy) is 1. The molecule has 0 saturated heterocycles. The van der Waals surface area contributed by atoms with Crippen molar-refractivity contribution in [2.24, 2.45) is 0 Å². The van der Waals surface area contributed by atoms with E-state index in [0.717, 1.165) is 17.0 Å². The van der Waals surface area contributed by atoms with E-state index in [4.69, 9.17) is 4.74 Å². The zero-order valence-corrected chi connectivity index (χ0v) is 20.9. The molecule has 0 aliphatic heterocycles. The maximum Gasteiger partial charge on any atom is 0.251 e. The highest BCUT2D eigenvalue weighted by atomic mass is 32.2. The molecule has 0 radical (unpaired) electrons. The van der Waals surface area contributed by atoms with Crippen molar-refractivity contribution >= 4 is 40.0 Å². The fraction of sp³-hybridized carbons (Fsp3) is 0.208. The fourth-order valence-electron chi connectivity index (χ4n) is 3.24. The Morgan fingerprint density at radius 1 is 1.14 bits per heavy atom. The van der Waals surface area contributed by atoms with Gasteiger partial charge in [0, 0.05) is 22.8 Å².